The fourth-order valence-electron chi connectivity index (χ4n) is 2.10. The molecule has 0 amide bonds. The number of hydrogen-bond acceptors (Lipinski definition) is 3. The summed E-state index contributed by atoms with van der Waals surface area (Å²) in [6.45, 7) is 6.38. The summed E-state index contributed by atoms with van der Waals surface area (Å²) in [5, 5.41) is 2.41. The summed E-state index contributed by atoms with van der Waals surface area (Å²) >= 11 is 4.53. The van der Waals surface area contributed by atoms with E-state index >= 15 is 0 Å². The molecule has 0 N–H and O–H groups in total. The molecule has 0 aliphatic carbocycles. The number of allylic oxidation sites excluding steroid dienone is 3. The predicted molar refractivity (Wildman–Crippen MR) is 93.9 cm³/mol. The molecule has 0 bridgehead atoms. The van der Waals surface area contributed by atoms with Crippen LogP contribution in [0.2, 0.25) is 0 Å². The smallest absolute Gasteiger partial charge is 0.0584 e. The zero-order valence-electron chi connectivity index (χ0n) is 12.8. The SMILES string of the molecule is C=N/C=C\C(=C/C)CCCCCCCCCCN=C=S. The van der Waals surface area contributed by atoms with E-state index in [-0.39, 0.29) is 0 Å². The highest BCUT2D eigenvalue weighted by Crippen LogP contribution is 2.13. The fraction of sp³-hybridized carbons (Fsp3) is 0.647. The molecule has 3 heteroatoms. The van der Waals surface area contributed by atoms with Crippen LogP contribution in [-0.2, 0) is 0 Å². The normalized spacial score (nSPS) is 11.6. The largest absolute Gasteiger partial charge is 0.273 e. The van der Waals surface area contributed by atoms with Gasteiger partial charge in [0.15, 0.2) is 0 Å². The average Bonchev–Trinajstić information content (AvgIpc) is 2.48. The van der Waals surface area contributed by atoms with E-state index in [1.54, 1.807) is 6.20 Å². The molecule has 0 saturated carbocycles. The average molecular weight is 292 g/mol. The molecule has 0 spiro atoms. The van der Waals surface area contributed by atoms with E-state index in [9.17, 15) is 0 Å². The second-order valence-corrected chi connectivity index (χ2v) is 5.10. The lowest BCUT2D eigenvalue weighted by Gasteiger charge is -2.03. The van der Waals surface area contributed by atoms with Gasteiger partial charge in [0.05, 0.1) is 5.16 Å². The van der Waals surface area contributed by atoms with Gasteiger partial charge in [0.2, 0.25) is 0 Å². The van der Waals surface area contributed by atoms with Crippen LogP contribution in [0.25, 0.3) is 0 Å². The lowest BCUT2D eigenvalue weighted by atomic mass is 10.0. The number of hydrogen-bond donors (Lipinski definition) is 0. The van der Waals surface area contributed by atoms with Crippen molar-refractivity contribution in [3.8, 4) is 0 Å². The summed E-state index contributed by atoms with van der Waals surface area (Å²) < 4.78 is 0. The number of aliphatic imine (C=N–C) groups is 2. The van der Waals surface area contributed by atoms with Crippen molar-refractivity contribution in [2.24, 2.45) is 9.98 Å². The number of unbranched alkanes of at least 4 members (excludes halogenated alkanes) is 7. The third-order valence-corrected chi connectivity index (χ3v) is 3.44. The summed E-state index contributed by atoms with van der Waals surface area (Å²) in [4.78, 5) is 7.66. The van der Waals surface area contributed by atoms with Crippen molar-refractivity contribution in [2.45, 2.75) is 64.7 Å². The molecule has 0 aliphatic heterocycles. The minimum atomic E-state index is 0.850. The first-order valence-corrected chi connectivity index (χ1v) is 8.07. The number of thiocarbonyl (C=S) groups is 1. The van der Waals surface area contributed by atoms with Crippen LogP contribution >= 0.6 is 12.2 Å². The van der Waals surface area contributed by atoms with Gasteiger partial charge < -0.3 is 0 Å². The molecule has 0 rings (SSSR count). The Labute approximate surface area is 129 Å². The van der Waals surface area contributed by atoms with E-state index < -0.39 is 0 Å². The van der Waals surface area contributed by atoms with Crippen LogP contribution in [0.3, 0.4) is 0 Å². The highest BCUT2D eigenvalue weighted by Gasteiger charge is 1.94. The lowest BCUT2D eigenvalue weighted by Crippen LogP contribution is -1.84. The Morgan fingerprint density at radius 1 is 1.05 bits per heavy atom. The molecule has 0 saturated heterocycles. The Hall–Kier alpha value is -1.05. The van der Waals surface area contributed by atoms with Crippen LogP contribution in [-0.4, -0.2) is 18.4 Å². The second kappa shape index (κ2) is 16.0. The van der Waals surface area contributed by atoms with Crippen LogP contribution in [0, 0.1) is 0 Å². The Bertz CT molecular complexity index is 339. The molecule has 0 fully saturated rings. The van der Waals surface area contributed by atoms with Crippen molar-refractivity contribution >= 4 is 24.1 Å². The van der Waals surface area contributed by atoms with E-state index in [4.69, 9.17) is 0 Å². The minimum Gasteiger partial charge on any atom is -0.273 e. The van der Waals surface area contributed by atoms with Crippen molar-refractivity contribution in [2.75, 3.05) is 6.54 Å². The lowest BCUT2D eigenvalue weighted by molar-refractivity contribution is 0.570. The standard InChI is InChI=1S/C17H28N2S/c1-3-17(13-15-18-2)12-10-8-6-4-5-7-9-11-14-19-16-20/h3,13,15H,2,4-12,14H2,1H3/b15-13-,17-3-. The Kier molecular flexibility index (Phi) is 15.2. The minimum absolute atomic E-state index is 0.850. The van der Waals surface area contributed by atoms with Crippen molar-refractivity contribution in [1.29, 1.82) is 0 Å². The molecule has 0 aromatic heterocycles. The van der Waals surface area contributed by atoms with Gasteiger partial charge in [0.1, 0.15) is 0 Å². The summed E-state index contributed by atoms with van der Waals surface area (Å²) in [6.07, 6.45) is 17.5. The Balaban J connectivity index is 3.33. The third kappa shape index (κ3) is 13.4. The molecular formula is C17H28N2S. The molecular weight excluding hydrogens is 264 g/mol. The van der Waals surface area contributed by atoms with Gasteiger partial charge in [-0.25, -0.2) is 4.99 Å². The second-order valence-electron chi connectivity index (χ2n) is 4.91. The van der Waals surface area contributed by atoms with Crippen molar-refractivity contribution in [3.63, 3.8) is 0 Å². The predicted octanol–water partition coefficient (Wildman–Crippen LogP) is 5.76. The van der Waals surface area contributed by atoms with E-state index in [0.29, 0.717) is 0 Å². The molecule has 0 radical (unpaired) electrons. The molecule has 2 nitrogen and oxygen atoms in total. The summed E-state index contributed by atoms with van der Waals surface area (Å²) in [6, 6.07) is 0. The zero-order valence-corrected chi connectivity index (χ0v) is 13.6. The number of rotatable bonds is 13. The summed E-state index contributed by atoms with van der Waals surface area (Å²) in [7, 11) is 0. The van der Waals surface area contributed by atoms with Gasteiger partial charge in [0, 0.05) is 12.7 Å². The van der Waals surface area contributed by atoms with Crippen molar-refractivity contribution in [1.82, 2.24) is 0 Å². The Morgan fingerprint density at radius 2 is 1.65 bits per heavy atom. The van der Waals surface area contributed by atoms with E-state index in [0.717, 1.165) is 19.4 Å². The Morgan fingerprint density at radius 3 is 2.20 bits per heavy atom. The summed E-state index contributed by atoms with van der Waals surface area (Å²) in [5.41, 5.74) is 1.36. The highest BCUT2D eigenvalue weighted by molar-refractivity contribution is 7.78. The first kappa shape index (κ1) is 18.9. The van der Waals surface area contributed by atoms with Gasteiger partial charge in [-0.15, -0.1) is 0 Å². The topological polar surface area (TPSA) is 24.7 Å². The molecule has 0 aliphatic rings. The van der Waals surface area contributed by atoms with Crippen LogP contribution in [0.4, 0.5) is 0 Å². The first-order valence-electron chi connectivity index (χ1n) is 7.66. The maximum absolute atomic E-state index is 4.53. The maximum atomic E-state index is 4.53. The van der Waals surface area contributed by atoms with Crippen molar-refractivity contribution in [3.05, 3.63) is 23.9 Å². The van der Waals surface area contributed by atoms with Crippen LogP contribution in [0.1, 0.15) is 64.7 Å². The quantitative estimate of drug-likeness (QED) is 0.183. The van der Waals surface area contributed by atoms with E-state index in [1.807, 2.05) is 0 Å². The molecule has 112 valence electrons. The van der Waals surface area contributed by atoms with Crippen molar-refractivity contribution < 1.29 is 0 Å². The van der Waals surface area contributed by atoms with Gasteiger partial charge in [-0.2, -0.15) is 0 Å². The molecule has 0 aromatic carbocycles. The third-order valence-electron chi connectivity index (χ3n) is 3.31. The molecule has 20 heavy (non-hydrogen) atoms. The zero-order chi connectivity index (χ0) is 14.9. The number of nitrogens with zero attached hydrogens (tertiary/aromatic N) is 2. The van der Waals surface area contributed by atoms with Crippen LogP contribution in [0.15, 0.2) is 33.9 Å². The molecule has 0 atom stereocenters. The first-order chi connectivity index (χ1) is 9.85. The van der Waals surface area contributed by atoms with Crippen LogP contribution in [0.5, 0.6) is 0 Å². The van der Waals surface area contributed by atoms with Crippen LogP contribution < -0.4 is 0 Å². The van der Waals surface area contributed by atoms with Gasteiger partial charge in [-0.1, -0.05) is 50.2 Å². The molecule has 0 heterocycles. The van der Waals surface area contributed by atoms with Gasteiger partial charge >= 0.3 is 0 Å². The molecule has 0 aromatic rings. The van der Waals surface area contributed by atoms with Gasteiger partial charge in [-0.3, -0.25) is 4.99 Å². The highest BCUT2D eigenvalue weighted by atomic mass is 32.1. The molecule has 0 unspecified atom stereocenters. The van der Waals surface area contributed by atoms with Gasteiger partial charge in [-0.05, 0) is 51.2 Å². The van der Waals surface area contributed by atoms with Gasteiger partial charge in [0.25, 0.3) is 0 Å². The maximum Gasteiger partial charge on any atom is 0.0584 e. The van der Waals surface area contributed by atoms with E-state index in [1.165, 1.54) is 50.5 Å². The van der Waals surface area contributed by atoms with E-state index in [2.05, 4.69) is 53.2 Å². The number of isothiocyanates is 1. The fourth-order valence-corrected chi connectivity index (χ4v) is 2.19. The monoisotopic (exact) mass is 292 g/mol. The summed E-state index contributed by atoms with van der Waals surface area (Å²) in [5.74, 6) is 0.